The Morgan fingerprint density at radius 3 is 2.38 bits per heavy atom. The second kappa shape index (κ2) is 5.73. The van der Waals surface area contributed by atoms with E-state index in [9.17, 15) is 23.1 Å². The van der Waals surface area contributed by atoms with Gasteiger partial charge in [0.2, 0.25) is 0 Å². The Labute approximate surface area is 123 Å². The standard InChI is InChI=1S/C14H9ClF3NO2/c15-10-1-2-11(20)9(13(10)14(16,17)18)7-12(21)8-3-5-19-6-4-8/h1-6,20H,7H2. The fourth-order valence-electron chi connectivity index (χ4n) is 1.89. The molecule has 1 N–H and O–H groups in total. The molecule has 0 atom stereocenters. The summed E-state index contributed by atoms with van der Waals surface area (Å²) in [6, 6.07) is 4.75. The molecular formula is C14H9ClF3NO2. The van der Waals surface area contributed by atoms with Crippen LogP contribution in [-0.2, 0) is 12.6 Å². The summed E-state index contributed by atoms with van der Waals surface area (Å²) in [4.78, 5) is 15.7. The van der Waals surface area contributed by atoms with Crippen molar-refractivity contribution in [2.75, 3.05) is 0 Å². The highest BCUT2D eigenvalue weighted by Crippen LogP contribution is 2.40. The number of pyridine rings is 1. The molecule has 0 saturated carbocycles. The van der Waals surface area contributed by atoms with E-state index in [1.165, 1.54) is 24.5 Å². The largest absolute Gasteiger partial charge is 0.508 e. The number of phenols is 1. The molecule has 0 fully saturated rings. The number of Topliss-reactive ketones (excluding diaryl/α,β-unsaturated/α-hetero) is 1. The Bertz CT molecular complexity index is 672. The summed E-state index contributed by atoms with van der Waals surface area (Å²) in [5.74, 6) is -1.19. The molecule has 0 aliphatic carbocycles. The van der Waals surface area contributed by atoms with Crippen LogP contribution < -0.4 is 0 Å². The molecule has 0 radical (unpaired) electrons. The van der Waals surface area contributed by atoms with Gasteiger partial charge in [-0.2, -0.15) is 13.2 Å². The molecule has 0 aliphatic rings. The second-order valence-electron chi connectivity index (χ2n) is 4.25. The minimum absolute atomic E-state index is 0.206. The molecule has 0 bridgehead atoms. The van der Waals surface area contributed by atoms with Crippen molar-refractivity contribution in [3.63, 3.8) is 0 Å². The van der Waals surface area contributed by atoms with Gasteiger partial charge in [0.15, 0.2) is 5.78 Å². The molecular weight excluding hydrogens is 307 g/mol. The maximum atomic E-state index is 13.0. The first-order valence-corrected chi connectivity index (χ1v) is 6.19. The van der Waals surface area contributed by atoms with Gasteiger partial charge < -0.3 is 5.11 Å². The van der Waals surface area contributed by atoms with E-state index in [1.807, 2.05) is 0 Å². The molecule has 7 heteroatoms. The van der Waals surface area contributed by atoms with E-state index in [2.05, 4.69) is 4.98 Å². The summed E-state index contributed by atoms with van der Waals surface area (Å²) < 4.78 is 39.1. The molecule has 0 saturated heterocycles. The number of phenolic OH excluding ortho intramolecular Hbond substituents is 1. The van der Waals surface area contributed by atoms with Crippen LogP contribution in [0.1, 0.15) is 21.5 Å². The summed E-state index contributed by atoms with van der Waals surface area (Å²) in [7, 11) is 0. The summed E-state index contributed by atoms with van der Waals surface area (Å²) in [6.45, 7) is 0. The number of benzene rings is 1. The Morgan fingerprint density at radius 1 is 1.19 bits per heavy atom. The van der Waals surface area contributed by atoms with Crippen LogP contribution in [-0.4, -0.2) is 15.9 Å². The molecule has 1 heterocycles. The van der Waals surface area contributed by atoms with E-state index in [1.54, 1.807) is 0 Å². The molecule has 1 aromatic carbocycles. The van der Waals surface area contributed by atoms with Gasteiger partial charge in [0, 0.05) is 29.9 Å². The summed E-state index contributed by atoms with van der Waals surface area (Å²) >= 11 is 5.56. The number of halogens is 4. The molecule has 3 nitrogen and oxygen atoms in total. The molecule has 110 valence electrons. The Balaban J connectivity index is 2.45. The lowest BCUT2D eigenvalue weighted by atomic mass is 9.98. The number of carbonyl (C=O) groups is 1. The van der Waals surface area contributed by atoms with Gasteiger partial charge in [0.05, 0.1) is 10.6 Å². The first-order chi connectivity index (χ1) is 9.80. The van der Waals surface area contributed by atoms with Crippen LogP contribution in [0.15, 0.2) is 36.7 Å². The summed E-state index contributed by atoms with van der Waals surface area (Å²) in [6.07, 6.45) is -2.65. The van der Waals surface area contributed by atoms with Crippen LogP contribution >= 0.6 is 11.6 Å². The van der Waals surface area contributed by atoms with Gasteiger partial charge in [-0.1, -0.05) is 11.6 Å². The molecule has 0 unspecified atom stereocenters. The van der Waals surface area contributed by atoms with Crippen LogP contribution in [0, 0.1) is 0 Å². The van der Waals surface area contributed by atoms with Gasteiger partial charge in [-0.3, -0.25) is 9.78 Å². The minimum Gasteiger partial charge on any atom is -0.508 e. The number of hydrogen-bond donors (Lipinski definition) is 1. The van der Waals surface area contributed by atoms with Crippen LogP contribution in [0.5, 0.6) is 5.75 Å². The number of nitrogens with zero attached hydrogens (tertiary/aromatic N) is 1. The monoisotopic (exact) mass is 315 g/mol. The molecule has 0 spiro atoms. The van der Waals surface area contributed by atoms with E-state index >= 15 is 0 Å². The zero-order chi connectivity index (χ0) is 15.6. The third-order valence-electron chi connectivity index (χ3n) is 2.86. The smallest absolute Gasteiger partial charge is 0.418 e. The fourth-order valence-corrected chi connectivity index (χ4v) is 2.18. The van der Waals surface area contributed by atoms with Crippen LogP contribution in [0.4, 0.5) is 13.2 Å². The molecule has 2 aromatic rings. The second-order valence-corrected chi connectivity index (χ2v) is 4.66. The number of hydrogen-bond acceptors (Lipinski definition) is 3. The Morgan fingerprint density at radius 2 is 1.81 bits per heavy atom. The average Bonchev–Trinajstić information content (AvgIpc) is 2.42. The van der Waals surface area contributed by atoms with Crippen LogP contribution in [0.25, 0.3) is 0 Å². The average molecular weight is 316 g/mol. The fraction of sp³-hybridized carbons (Fsp3) is 0.143. The lowest BCUT2D eigenvalue weighted by molar-refractivity contribution is -0.138. The van der Waals surface area contributed by atoms with Crippen molar-refractivity contribution in [2.24, 2.45) is 0 Å². The van der Waals surface area contributed by atoms with E-state index in [4.69, 9.17) is 11.6 Å². The topological polar surface area (TPSA) is 50.2 Å². The van der Waals surface area contributed by atoms with Crippen molar-refractivity contribution in [2.45, 2.75) is 12.6 Å². The third-order valence-corrected chi connectivity index (χ3v) is 3.18. The van der Waals surface area contributed by atoms with Crippen LogP contribution in [0.3, 0.4) is 0 Å². The van der Waals surface area contributed by atoms with Gasteiger partial charge in [-0.15, -0.1) is 0 Å². The molecule has 0 aliphatic heterocycles. The van der Waals surface area contributed by atoms with E-state index in [0.29, 0.717) is 0 Å². The lowest BCUT2D eigenvalue weighted by Crippen LogP contribution is -2.14. The van der Waals surface area contributed by atoms with Crippen molar-refractivity contribution in [1.82, 2.24) is 4.98 Å². The number of alkyl halides is 3. The molecule has 21 heavy (non-hydrogen) atoms. The van der Waals surface area contributed by atoms with Crippen molar-refractivity contribution < 1.29 is 23.1 Å². The zero-order valence-electron chi connectivity index (χ0n) is 10.5. The summed E-state index contributed by atoms with van der Waals surface area (Å²) in [5, 5.41) is 9.09. The Hall–Kier alpha value is -2.08. The first-order valence-electron chi connectivity index (χ1n) is 5.81. The molecule has 0 amide bonds. The van der Waals surface area contributed by atoms with Gasteiger partial charge >= 0.3 is 6.18 Å². The normalized spacial score (nSPS) is 11.4. The molecule has 1 aromatic heterocycles. The predicted molar refractivity (Wildman–Crippen MR) is 70.4 cm³/mol. The summed E-state index contributed by atoms with van der Waals surface area (Å²) in [5.41, 5.74) is -1.51. The third kappa shape index (κ3) is 3.33. The van der Waals surface area contributed by atoms with Crippen LogP contribution in [0.2, 0.25) is 5.02 Å². The molecule has 2 rings (SSSR count). The van der Waals surface area contributed by atoms with Gasteiger partial charge in [0.25, 0.3) is 0 Å². The zero-order valence-corrected chi connectivity index (χ0v) is 11.2. The van der Waals surface area contributed by atoms with Crippen molar-refractivity contribution in [3.05, 3.63) is 58.4 Å². The van der Waals surface area contributed by atoms with E-state index < -0.39 is 40.3 Å². The maximum absolute atomic E-state index is 13.0. The highest BCUT2D eigenvalue weighted by Gasteiger charge is 2.37. The quantitative estimate of drug-likeness (QED) is 0.874. The van der Waals surface area contributed by atoms with E-state index in [-0.39, 0.29) is 5.56 Å². The number of aromatic nitrogens is 1. The van der Waals surface area contributed by atoms with Gasteiger partial charge in [-0.25, -0.2) is 0 Å². The van der Waals surface area contributed by atoms with Crippen molar-refractivity contribution in [1.29, 1.82) is 0 Å². The number of ketones is 1. The van der Waals surface area contributed by atoms with Crippen molar-refractivity contribution in [3.8, 4) is 5.75 Å². The maximum Gasteiger partial charge on any atom is 0.418 e. The number of rotatable bonds is 3. The highest BCUT2D eigenvalue weighted by molar-refractivity contribution is 6.31. The lowest BCUT2D eigenvalue weighted by Gasteiger charge is -2.15. The van der Waals surface area contributed by atoms with Gasteiger partial charge in [0.1, 0.15) is 5.75 Å². The van der Waals surface area contributed by atoms with Gasteiger partial charge in [-0.05, 0) is 24.3 Å². The Kier molecular flexibility index (Phi) is 4.18. The predicted octanol–water partition coefficient (Wildman–Crippen LogP) is 3.88. The first kappa shape index (κ1) is 15.3. The number of aromatic hydroxyl groups is 1. The van der Waals surface area contributed by atoms with E-state index in [0.717, 1.165) is 12.1 Å². The SMILES string of the molecule is O=C(Cc1c(O)ccc(Cl)c1C(F)(F)F)c1ccncc1. The van der Waals surface area contributed by atoms with Crippen molar-refractivity contribution >= 4 is 17.4 Å². The highest BCUT2D eigenvalue weighted by atomic mass is 35.5. The number of carbonyl (C=O) groups excluding carboxylic acids is 1. The minimum atomic E-state index is -4.76.